The van der Waals surface area contributed by atoms with Crippen molar-refractivity contribution in [2.75, 3.05) is 35.2 Å². The number of nitrogens with two attached hydrogens (primary N) is 1. The number of nitrogens with zero attached hydrogens (tertiary/aromatic N) is 9. The molecule has 0 radical (unpaired) electrons. The maximum absolute atomic E-state index is 12.9. The summed E-state index contributed by atoms with van der Waals surface area (Å²) >= 11 is 0. The van der Waals surface area contributed by atoms with Crippen molar-refractivity contribution < 1.29 is 5.11 Å². The molecule has 1 fully saturated rings. The number of anilines is 3. The first-order chi connectivity index (χ1) is 20.3. The van der Waals surface area contributed by atoms with Gasteiger partial charge in [0, 0.05) is 55.4 Å². The van der Waals surface area contributed by atoms with Gasteiger partial charge in [0.2, 0.25) is 5.82 Å². The number of piperazine rings is 1. The minimum Gasteiger partial charge on any atom is -0.507 e. The molecule has 12 heteroatoms. The van der Waals surface area contributed by atoms with Crippen molar-refractivity contribution in [2.45, 2.75) is 33.4 Å². The van der Waals surface area contributed by atoms with Crippen LogP contribution in [0, 0.1) is 25.7 Å². The third kappa shape index (κ3) is 4.96. The first-order valence-electron chi connectivity index (χ1n) is 13.6. The van der Waals surface area contributed by atoms with E-state index in [9.17, 15) is 9.90 Å². The summed E-state index contributed by atoms with van der Waals surface area (Å²) in [7, 11) is 0. The first-order valence-corrected chi connectivity index (χ1v) is 13.6. The number of benzene rings is 1. The van der Waals surface area contributed by atoms with Gasteiger partial charge in [0.25, 0.3) is 5.56 Å². The van der Waals surface area contributed by atoms with Crippen LogP contribution in [0.25, 0.3) is 16.8 Å². The highest BCUT2D eigenvalue weighted by molar-refractivity contribution is 5.74. The number of hydrogen-bond acceptors (Lipinski definition) is 10. The quantitative estimate of drug-likeness (QED) is 0.313. The minimum atomic E-state index is -0.135. The number of nitrogen functional groups attached to an aromatic ring is 1. The molecule has 5 heterocycles. The largest absolute Gasteiger partial charge is 0.507 e. The Morgan fingerprint density at radius 2 is 1.95 bits per heavy atom. The molecule has 12 nitrogen and oxygen atoms in total. The lowest BCUT2D eigenvalue weighted by Gasteiger charge is -2.41. The molecular formula is C30H30N10O2. The number of phenolic OH excluding ortho intramolecular Hbond substituents is 1. The molecule has 3 N–H and O–H groups in total. The third-order valence-corrected chi connectivity index (χ3v) is 7.57. The second-order valence-corrected chi connectivity index (χ2v) is 10.3. The SMILES string of the molecule is Cc1nn2ccn(CC#Cc3nccc(N4CCN(c5cc(-c6ccccc6O)nnc5N)[C@H](C)C4)n3)c(=O)c2c1C. The molecule has 0 aliphatic carbocycles. The molecule has 0 saturated carbocycles. The van der Waals surface area contributed by atoms with Gasteiger partial charge >= 0.3 is 0 Å². The fourth-order valence-corrected chi connectivity index (χ4v) is 5.22. The van der Waals surface area contributed by atoms with Crippen LogP contribution in [0.2, 0.25) is 0 Å². The molecule has 212 valence electrons. The molecule has 4 aromatic heterocycles. The van der Waals surface area contributed by atoms with Gasteiger partial charge in [-0.25, -0.2) is 14.5 Å². The van der Waals surface area contributed by atoms with Crippen LogP contribution in [-0.2, 0) is 6.54 Å². The molecule has 0 unspecified atom stereocenters. The Balaban J connectivity index is 1.17. The average Bonchev–Trinajstić information content (AvgIpc) is 3.28. The van der Waals surface area contributed by atoms with Crippen molar-refractivity contribution >= 4 is 22.8 Å². The number of rotatable bonds is 4. The van der Waals surface area contributed by atoms with Crippen LogP contribution < -0.4 is 21.1 Å². The van der Waals surface area contributed by atoms with Gasteiger partial charge in [-0.2, -0.15) is 5.10 Å². The minimum absolute atomic E-state index is 0.0874. The van der Waals surface area contributed by atoms with Crippen molar-refractivity contribution in [3.05, 3.63) is 82.4 Å². The van der Waals surface area contributed by atoms with E-state index in [1.165, 1.54) is 0 Å². The summed E-state index contributed by atoms with van der Waals surface area (Å²) in [4.78, 5) is 26.3. The Morgan fingerprint density at radius 3 is 2.76 bits per heavy atom. The fourth-order valence-electron chi connectivity index (χ4n) is 5.22. The lowest BCUT2D eigenvalue weighted by molar-refractivity contribution is 0.477. The maximum atomic E-state index is 12.9. The molecule has 6 rings (SSSR count). The van der Waals surface area contributed by atoms with Gasteiger partial charge in [-0.15, -0.1) is 10.2 Å². The lowest BCUT2D eigenvalue weighted by Crippen LogP contribution is -2.52. The second-order valence-electron chi connectivity index (χ2n) is 10.3. The monoisotopic (exact) mass is 562 g/mol. The van der Waals surface area contributed by atoms with E-state index >= 15 is 0 Å². The standard InChI is InChI=1S/C30H30N10O2/c1-19-18-38(13-15-39(19)24-17-23(34-35-29(24)31)22-7-4-5-8-25(22)41)27-10-11-32-26(33-27)9-6-12-37-14-16-40-28(30(37)42)20(2)21(3)36-40/h4-5,7-8,10-11,14,16-17,19,41H,12-13,15,18H2,1-3H3,(H2,31,35)/t19-/m1/s1. The summed E-state index contributed by atoms with van der Waals surface area (Å²) < 4.78 is 3.17. The van der Waals surface area contributed by atoms with Crippen molar-refractivity contribution in [2.24, 2.45) is 0 Å². The van der Waals surface area contributed by atoms with Crippen molar-refractivity contribution in [1.29, 1.82) is 0 Å². The van der Waals surface area contributed by atoms with Gasteiger partial charge in [0.05, 0.1) is 23.6 Å². The van der Waals surface area contributed by atoms with E-state index in [2.05, 4.69) is 53.8 Å². The van der Waals surface area contributed by atoms with E-state index in [0.29, 0.717) is 48.1 Å². The van der Waals surface area contributed by atoms with E-state index < -0.39 is 0 Å². The molecule has 0 amide bonds. The van der Waals surface area contributed by atoms with Crippen LogP contribution in [0.3, 0.4) is 0 Å². The number of phenols is 1. The molecule has 1 aromatic carbocycles. The Morgan fingerprint density at radius 1 is 1.12 bits per heavy atom. The third-order valence-electron chi connectivity index (χ3n) is 7.57. The summed E-state index contributed by atoms with van der Waals surface area (Å²) in [6.07, 6.45) is 5.15. The summed E-state index contributed by atoms with van der Waals surface area (Å²) in [6.45, 7) is 8.18. The second kappa shape index (κ2) is 10.9. The number of aryl methyl sites for hydroxylation is 2. The van der Waals surface area contributed by atoms with Crippen LogP contribution in [-0.4, -0.2) is 65.1 Å². The molecule has 5 aromatic rings. The summed E-state index contributed by atoms with van der Waals surface area (Å²) in [5.41, 5.74) is 10.3. The predicted octanol–water partition coefficient (Wildman–Crippen LogP) is 2.41. The molecule has 42 heavy (non-hydrogen) atoms. The average molecular weight is 563 g/mol. The zero-order valence-electron chi connectivity index (χ0n) is 23.6. The van der Waals surface area contributed by atoms with Crippen LogP contribution in [0.1, 0.15) is 24.0 Å². The van der Waals surface area contributed by atoms with E-state index in [-0.39, 0.29) is 23.9 Å². The van der Waals surface area contributed by atoms with E-state index in [1.807, 2.05) is 32.0 Å². The predicted molar refractivity (Wildman–Crippen MR) is 160 cm³/mol. The lowest BCUT2D eigenvalue weighted by atomic mass is 10.1. The summed E-state index contributed by atoms with van der Waals surface area (Å²) in [5, 5.41) is 23.0. The smallest absolute Gasteiger partial charge is 0.277 e. The first kappa shape index (κ1) is 26.8. The van der Waals surface area contributed by atoms with Gasteiger partial charge in [-0.1, -0.05) is 18.1 Å². The molecule has 0 bridgehead atoms. The van der Waals surface area contributed by atoms with Gasteiger partial charge < -0.3 is 25.2 Å². The van der Waals surface area contributed by atoms with Gasteiger partial charge in [0.15, 0.2) is 5.82 Å². The normalized spacial score (nSPS) is 15.1. The molecule has 0 spiro atoms. The van der Waals surface area contributed by atoms with Gasteiger partial charge in [-0.05, 0) is 51.0 Å². The van der Waals surface area contributed by atoms with Gasteiger partial charge in [0.1, 0.15) is 17.1 Å². The van der Waals surface area contributed by atoms with Crippen molar-refractivity contribution in [3.63, 3.8) is 0 Å². The topological polar surface area (TPSA) is 144 Å². The Kier molecular flexibility index (Phi) is 6.92. The van der Waals surface area contributed by atoms with Crippen LogP contribution >= 0.6 is 0 Å². The zero-order valence-corrected chi connectivity index (χ0v) is 23.6. The van der Waals surface area contributed by atoms with Crippen LogP contribution in [0.4, 0.5) is 17.3 Å². The van der Waals surface area contributed by atoms with Crippen molar-refractivity contribution in [1.82, 2.24) is 34.3 Å². The molecule has 1 aliphatic rings. The zero-order chi connectivity index (χ0) is 29.4. The maximum Gasteiger partial charge on any atom is 0.277 e. The number of fused-ring (bicyclic) bond motifs is 1. The number of hydrogen-bond donors (Lipinski definition) is 2. The molecular weight excluding hydrogens is 532 g/mol. The summed E-state index contributed by atoms with van der Waals surface area (Å²) in [5.74, 6) is 7.68. The van der Waals surface area contributed by atoms with Crippen molar-refractivity contribution in [3.8, 4) is 28.8 Å². The Hall–Kier alpha value is -5.44. The molecule has 1 saturated heterocycles. The highest BCUT2D eigenvalue weighted by Gasteiger charge is 2.27. The number of aromatic nitrogens is 7. The highest BCUT2D eigenvalue weighted by atomic mass is 16.3. The fraction of sp³-hybridized carbons (Fsp3) is 0.267. The Labute approximate surface area is 242 Å². The van der Waals surface area contributed by atoms with E-state index in [1.54, 1.807) is 45.9 Å². The van der Waals surface area contributed by atoms with Crippen LogP contribution in [0.5, 0.6) is 5.75 Å². The number of para-hydroxylation sites is 1. The van der Waals surface area contributed by atoms with Crippen LogP contribution in [0.15, 0.2) is 59.8 Å². The molecule has 1 atom stereocenters. The highest BCUT2D eigenvalue weighted by Crippen LogP contribution is 2.33. The van der Waals surface area contributed by atoms with Gasteiger partial charge in [-0.3, -0.25) is 4.79 Å². The molecule has 1 aliphatic heterocycles. The summed E-state index contributed by atoms with van der Waals surface area (Å²) in [6, 6.07) is 10.9. The Bertz CT molecular complexity index is 1920. The number of aromatic hydroxyl groups is 1. The van der Waals surface area contributed by atoms with E-state index in [4.69, 9.17) is 5.73 Å². The van der Waals surface area contributed by atoms with E-state index in [0.717, 1.165) is 22.8 Å².